The summed E-state index contributed by atoms with van der Waals surface area (Å²) in [6, 6.07) is 0. The molecule has 0 aromatic heterocycles. The maximum atomic E-state index is 6.28. The van der Waals surface area contributed by atoms with Crippen LogP contribution in [0.4, 0.5) is 0 Å². The Morgan fingerprint density at radius 3 is 2.14 bits per heavy atom. The number of unbranched alkanes of at least 4 members (excludes halogenated alkanes) is 9. The van der Waals surface area contributed by atoms with Gasteiger partial charge in [0.2, 0.25) is 0 Å². The molecular formula is C39H74N2O. The smallest absolute Gasteiger partial charge is 0.0578 e. The molecule has 7 unspecified atom stereocenters. The van der Waals surface area contributed by atoms with Crippen LogP contribution in [-0.4, -0.2) is 32.3 Å². The highest BCUT2D eigenvalue weighted by Crippen LogP contribution is 2.68. The van der Waals surface area contributed by atoms with Gasteiger partial charge < -0.3 is 15.8 Å². The van der Waals surface area contributed by atoms with Gasteiger partial charge in [-0.25, -0.2) is 0 Å². The molecule has 0 spiro atoms. The van der Waals surface area contributed by atoms with E-state index >= 15 is 0 Å². The van der Waals surface area contributed by atoms with Gasteiger partial charge in [0, 0.05) is 6.61 Å². The molecule has 3 nitrogen and oxygen atoms in total. The van der Waals surface area contributed by atoms with Gasteiger partial charge in [-0.05, 0) is 149 Å². The number of fused-ring (bicyclic) bond motifs is 5. The summed E-state index contributed by atoms with van der Waals surface area (Å²) in [6.07, 6.45) is 31.7. The highest BCUT2D eigenvalue weighted by Gasteiger charge is 2.60. The van der Waals surface area contributed by atoms with E-state index in [2.05, 4.69) is 33.0 Å². The third kappa shape index (κ3) is 8.78. The third-order valence-electron chi connectivity index (χ3n) is 13.8. The highest BCUT2D eigenvalue weighted by molar-refractivity contribution is 5.09. The van der Waals surface area contributed by atoms with Gasteiger partial charge in [-0.1, -0.05) is 85.5 Å². The minimum absolute atomic E-state index is 0.501. The van der Waals surface area contributed by atoms with Crippen molar-refractivity contribution in [1.29, 1.82) is 0 Å². The van der Waals surface area contributed by atoms with Crippen molar-refractivity contribution < 1.29 is 4.74 Å². The van der Waals surface area contributed by atoms with E-state index in [4.69, 9.17) is 10.5 Å². The fourth-order valence-electron chi connectivity index (χ4n) is 11.3. The Labute approximate surface area is 263 Å². The zero-order chi connectivity index (χ0) is 29.8. The van der Waals surface area contributed by atoms with E-state index < -0.39 is 0 Å². The Morgan fingerprint density at radius 1 is 0.738 bits per heavy atom. The molecule has 4 fully saturated rings. The average molecular weight is 587 g/mol. The molecule has 0 bridgehead atoms. The van der Waals surface area contributed by atoms with E-state index in [0.29, 0.717) is 16.9 Å². The van der Waals surface area contributed by atoms with E-state index in [0.717, 1.165) is 55.1 Å². The fraction of sp³-hybridized carbons (Fsp3) is 1.00. The summed E-state index contributed by atoms with van der Waals surface area (Å²) >= 11 is 0. The lowest BCUT2D eigenvalue weighted by Crippen LogP contribution is -2.54. The maximum Gasteiger partial charge on any atom is 0.0578 e. The van der Waals surface area contributed by atoms with E-state index in [-0.39, 0.29) is 0 Å². The largest absolute Gasteiger partial charge is 0.378 e. The Kier molecular flexibility index (Phi) is 14.5. The second-order valence-corrected chi connectivity index (χ2v) is 16.3. The van der Waals surface area contributed by atoms with Gasteiger partial charge in [0.15, 0.2) is 0 Å². The maximum absolute atomic E-state index is 6.28. The summed E-state index contributed by atoms with van der Waals surface area (Å²) in [6.45, 7) is 14.5. The zero-order valence-electron chi connectivity index (χ0n) is 28.9. The van der Waals surface area contributed by atoms with E-state index in [1.165, 1.54) is 148 Å². The summed E-state index contributed by atoms with van der Waals surface area (Å²) in [5, 5.41) is 3.79. The van der Waals surface area contributed by atoms with E-state index in [1.54, 1.807) is 0 Å². The number of hydrogen-bond acceptors (Lipinski definition) is 3. The molecule has 246 valence electrons. The first-order chi connectivity index (χ1) is 20.4. The van der Waals surface area contributed by atoms with Crippen LogP contribution in [0.5, 0.6) is 0 Å². The lowest BCUT2D eigenvalue weighted by atomic mass is 9.44. The standard InChI is InChI=1S/C39H74N2O/c1-5-6-7-8-9-10-11-12-13-14-27-41-28-15-17-31(2)35-20-21-36-34-19-18-32-30-33(42-29-16-26-40)22-24-38(32,3)37(34)23-25-39(35,36)4/h31-37,41H,5-30,40H2,1-4H3/t31-,32?,33-,34?,35?,36?,37?,38?,39?/m1/s1. The first-order valence-electron chi connectivity index (χ1n) is 19.5. The van der Waals surface area contributed by atoms with Gasteiger partial charge >= 0.3 is 0 Å². The van der Waals surface area contributed by atoms with Crippen LogP contribution in [0.15, 0.2) is 0 Å². The van der Waals surface area contributed by atoms with E-state index in [1.807, 2.05) is 0 Å². The van der Waals surface area contributed by atoms with Crippen molar-refractivity contribution in [2.24, 2.45) is 52.1 Å². The van der Waals surface area contributed by atoms with Gasteiger partial charge in [-0.15, -0.1) is 0 Å². The van der Waals surface area contributed by atoms with Crippen molar-refractivity contribution in [3.05, 3.63) is 0 Å². The SMILES string of the molecule is CCCCCCCCCCCCNCCC[C@@H](C)C1CCC2C3CCC4C[C@H](OCCCN)CCC4(C)C3CCC21C. The van der Waals surface area contributed by atoms with Gasteiger partial charge in [-0.3, -0.25) is 0 Å². The number of rotatable bonds is 20. The van der Waals surface area contributed by atoms with Crippen LogP contribution in [0, 0.1) is 46.3 Å². The number of nitrogens with two attached hydrogens (primary N) is 1. The zero-order valence-corrected chi connectivity index (χ0v) is 28.9. The van der Waals surface area contributed by atoms with Gasteiger partial charge in [0.05, 0.1) is 6.10 Å². The number of hydrogen-bond donors (Lipinski definition) is 2. The Balaban J connectivity index is 1.12. The van der Waals surface area contributed by atoms with Crippen molar-refractivity contribution >= 4 is 0 Å². The van der Waals surface area contributed by atoms with Crippen LogP contribution in [0.3, 0.4) is 0 Å². The molecule has 4 rings (SSSR count). The molecule has 0 radical (unpaired) electrons. The number of nitrogens with one attached hydrogen (secondary N) is 1. The van der Waals surface area contributed by atoms with Crippen LogP contribution in [-0.2, 0) is 4.74 Å². The molecule has 4 aliphatic rings. The van der Waals surface area contributed by atoms with Crippen LogP contribution >= 0.6 is 0 Å². The van der Waals surface area contributed by atoms with Crippen LogP contribution < -0.4 is 11.1 Å². The molecular weight excluding hydrogens is 512 g/mol. The first kappa shape index (κ1) is 34.7. The molecule has 0 aromatic carbocycles. The molecule has 4 aliphatic carbocycles. The predicted molar refractivity (Wildman–Crippen MR) is 182 cm³/mol. The minimum Gasteiger partial charge on any atom is -0.378 e. The summed E-state index contributed by atoms with van der Waals surface area (Å²) in [5.74, 6) is 5.72. The first-order valence-corrected chi connectivity index (χ1v) is 19.5. The second kappa shape index (κ2) is 17.5. The second-order valence-electron chi connectivity index (χ2n) is 16.3. The molecule has 0 aromatic rings. The van der Waals surface area contributed by atoms with Crippen molar-refractivity contribution in [2.45, 2.75) is 175 Å². The molecule has 0 heterocycles. The summed E-state index contributed by atoms with van der Waals surface area (Å²) in [4.78, 5) is 0. The van der Waals surface area contributed by atoms with Gasteiger partial charge in [0.1, 0.15) is 0 Å². The fourth-order valence-corrected chi connectivity index (χ4v) is 11.3. The lowest BCUT2D eigenvalue weighted by Gasteiger charge is -2.61. The average Bonchev–Trinajstić information content (AvgIpc) is 3.35. The van der Waals surface area contributed by atoms with Gasteiger partial charge in [0.25, 0.3) is 0 Å². The molecule has 9 atom stereocenters. The molecule has 0 aliphatic heterocycles. The Hall–Kier alpha value is -0.120. The molecule has 42 heavy (non-hydrogen) atoms. The molecule has 0 saturated heterocycles. The summed E-state index contributed by atoms with van der Waals surface area (Å²) in [5.41, 5.74) is 6.89. The Morgan fingerprint density at radius 2 is 1.40 bits per heavy atom. The van der Waals surface area contributed by atoms with Crippen LogP contribution in [0.1, 0.15) is 169 Å². The van der Waals surface area contributed by atoms with Crippen molar-refractivity contribution in [1.82, 2.24) is 5.32 Å². The van der Waals surface area contributed by atoms with Gasteiger partial charge in [-0.2, -0.15) is 0 Å². The third-order valence-corrected chi connectivity index (χ3v) is 13.8. The number of ether oxygens (including phenoxy) is 1. The summed E-state index contributed by atoms with van der Waals surface area (Å²) in [7, 11) is 0. The topological polar surface area (TPSA) is 47.3 Å². The van der Waals surface area contributed by atoms with Crippen molar-refractivity contribution in [3.8, 4) is 0 Å². The molecule has 4 saturated carbocycles. The van der Waals surface area contributed by atoms with Crippen molar-refractivity contribution in [3.63, 3.8) is 0 Å². The minimum atomic E-state index is 0.501. The quantitative estimate of drug-likeness (QED) is 0.140. The van der Waals surface area contributed by atoms with Crippen molar-refractivity contribution in [2.75, 3.05) is 26.2 Å². The molecule has 0 amide bonds. The monoisotopic (exact) mass is 587 g/mol. The predicted octanol–water partition coefficient (Wildman–Crippen LogP) is 10.3. The Bertz CT molecular complexity index is 742. The van der Waals surface area contributed by atoms with Crippen LogP contribution in [0.2, 0.25) is 0 Å². The normalized spacial score (nSPS) is 36.8. The summed E-state index contributed by atoms with van der Waals surface area (Å²) < 4.78 is 6.28. The molecule has 3 N–H and O–H groups in total. The lowest BCUT2D eigenvalue weighted by molar-refractivity contribution is -0.136. The van der Waals surface area contributed by atoms with E-state index in [9.17, 15) is 0 Å². The highest BCUT2D eigenvalue weighted by atomic mass is 16.5. The van der Waals surface area contributed by atoms with Crippen LogP contribution in [0.25, 0.3) is 0 Å². The molecule has 3 heteroatoms.